The van der Waals surface area contributed by atoms with Crippen molar-refractivity contribution in [2.75, 3.05) is 32.0 Å². The lowest BCUT2D eigenvalue weighted by atomic mass is 9.91. The first-order valence-corrected chi connectivity index (χ1v) is 11.7. The number of nitrogens with two attached hydrogens (primary N) is 1. The van der Waals surface area contributed by atoms with Gasteiger partial charge in [0.25, 0.3) is 0 Å². The van der Waals surface area contributed by atoms with Crippen LogP contribution in [0.5, 0.6) is 5.75 Å². The topological polar surface area (TPSA) is 96.8 Å². The number of ether oxygens (including phenoxy) is 2. The summed E-state index contributed by atoms with van der Waals surface area (Å²) in [6.07, 6.45) is 6.39. The molecule has 1 aliphatic heterocycles. The van der Waals surface area contributed by atoms with Gasteiger partial charge >= 0.3 is 6.61 Å². The molecular weight excluding hydrogens is 416 g/mol. The molecule has 172 valence electrons. The minimum atomic E-state index is -2.97. The molecule has 7 nitrogen and oxygen atoms in total. The average Bonchev–Trinajstić information content (AvgIpc) is 3.49. The van der Waals surface area contributed by atoms with E-state index >= 15 is 0 Å². The zero-order valence-corrected chi connectivity index (χ0v) is 18.0. The summed E-state index contributed by atoms with van der Waals surface area (Å²) in [4.78, 5) is 11.5. The molecule has 0 spiro atoms. The zero-order valence-electron chi connectivity index (χ0n) is 18.0. The van der Waals surface area contributed by atoms with Gasteiger partial charge < -0.3 is 20.6 Å². The van der Waals surface area contributed by atoms with E-state index in [4.69, 9.17) is 20.9 Å². The fourth-order valence-corrected chi connectivity index (χ4v) is 6.65. The highest BCUT2D eigenvalue weighted by molar-refractivity contribution is 6.15. The van der Waals surface area contributed by atoms with Crippen molar-refractivity contribution in [1.82, 2.24) is 9.88 Å². The first kappa shape index (κ1) is 20.5. The molecule has 5 aliphatic carbocycles. The van der Waals surface area contributed by atoms with Crippen LogP contribution in [0, 0.1) is 28.6 Å². The lowest BCUT2D eigenvalue weighted by Gasteiger charge is -2.32. The Morgan fingerprint density at radius 3 is 2.78 bits per heavy atom. The van der Waals surface area contributed by atoms with Gasteiger partial charge in [0.2, 0.25) is 0 Å². The maximum atomic E-state index is 12.8. The van der Waals surface area contributed by atoms with Crippen LogP contribution in [-0.4, -0.2) is 66.3 Å². The minimum absolute atomic E-state index is 0.0485. The van der Waals surface area contributed by atoms with Crippen molar-refractivity contribution in [3.8, 4) is 5.75 Å². The summed E-state index contributed by atoms with van der Waals surface area (Å²) in [6, 6.07) is 2.31. The molecule has 1 aromatic rings. The third-order valence-corrected chi connectivity index (χ3v) is 8.45. The number of pyridine rings is 1. The lowest BCUT2D eigenvalue weighted by molar-refractivity contribution is -0.0495. The molecule has 0 aromatic carbocycles. The number of aromatic nitrogens is 1. The number of alkyl halides is 2. The summed E-state index contributed by atoms with van der Waals surface area (Å²) < 4.78 is 35.6. The molecule has 6 fully saturated rings. The third-order valence-electron chi connectivity index (χ3n) is 8.45. The second-order valence-corrected chi connectivity index (χ2v) is 9.84. The standard InChI is InChI=1S/C23H29F2N5O2/c24-22(25)32-17-8-12(11-28-21(17)27)15(29-13-2-1-3-13)10-18(26)23-14-9-16(20(23)19(14)23)30-4-6-31-7-5-30/h8,11,13-14,16,19-20,22,26H,1-7,9-10H2,(H2,27,28). The molecule has 6 aliphatic rings. The Kier molecular flexibility index (Phi) is 4.77. The fourth-order valence-electron chi connectivity index (χ4n) is 6.65. The van der Waals surface area contributed by atoms with Crippen LogP contribution in [0.15, 0.2) is 17.3 Å². The Bertz CT molecular complexity index is 956. The van der Waals surface area contributed by atoms with E-state index in [1.54, 1.807) is 6.20 Å². The van der Waals surface area contributed by atoms with Crippen LogP contribution in [-0.2, 0) is 4.74 Å². The predicted molar refractivity (Wildman–Crippen MR) is 116 cm³/mol. The summed E-state index contributed by atoms with van der Waals surface area (Å²) >= 11 is 0. The Morgan fingerprint density at radius 2 is 2.12 bits per heavy atom. The summed E-state index contributed by atoms with van der Waals surface area (Å²) in [7, 11) is 0. The number of aliphatic imine (C=N–C) groups is 1. The van der Waals surface area contributed by atoms with Gasteiger partial charge in [-0.05, 0) is 49.5 Å². The summed E-state index contributed by atoms with van der Waals surface area (Å²) in [6.45, 7) is 0.609. The van der Waals surface area contributed by atoms with Crippen molar-refractivity contribution < 1.29 is 18.3 Å². The number of nitrogens with one attached hydrogen (secondary N) is 1. The fraction of sp³-hybridized carbons (Fsp3) is 0.696. The maximum absolute atomic E-state index is 12.8. The predicted octanol–water partition coefficient (Wildman–Crippen LogP) is 2.98. The maximum Gasteiger partial charge on any atom is 0.387 e. The lowest BCUT2D eigenvalue weighted by Crippen LogP contribution is -2.43. The molecule has 5 saturated carbocycles. The van der Waals surface area contributed by atoms with E-state index < -0.39 is 6.61 Å². The van der Waals surface area contributed by atoms with Crippen LogP contribution in [0.3, 0.4) is 0 Å². The number of morpholine rings is 1. The van der Waals surface area contributed by atoms with Crippen LogP contribution < -0.4 is 10.5 Å². The van der Waals surface area contributed by atoms with Gasteiger partial charge in [-0.2, -0.15) is 8.78 Å². The SMILES string of the molecule is N=C(CC(=NC1CCC1)c1cnc(N)c(OC(F)F)c1)C12C3CC(N4CCOCC4)C1C32. The third kappa shape index (κ3) is 3.08. The molecule has 7 rings (SSSR count). The number of hydrogen-bond donors (Lipinski definition) is 2. The van der Waals surface area contributed by atoms with E-state index in [0.717, 1.165) is 57.0 Å². The minimum Gasteiger partial charge on any atom is -0.431 e. The molecule has 2 bridgehead atoms. The summed E-state index contributed by atoms with van der Waals surface area (Å²) in [5.41, 5.74) is 7.90. The molecule has 5 unspecified atom stereocenters. The Balaban J connectivity index is 1.21. The van der Waals surface area contributed by atoms with Crippen LogP contribution >= 0.6 is 0 Å². The summed E-state index contributed by atoms with van der Waals surface area (Å²) in [5.74, 6) is 1.66. The van der Waals surface area contributed by atoms with E-state index in [2.05, 4.69) is 14.6 Å². The molecule has 3 N–H and O–H groups in total. The Morgan fingerprint density at radius 1 is 1.34 bits per heavy atom. The molecule has 0 amide bonds. The number of anilines is 1. The Hall–Kier alpha value is -2.13. The Labute approximate surface area is 185 Å². The largest absolute Gasteiger partial charge is 0.431 e. The second-order valence-electron chi connectivity index (χ2n) is 9.84. The van der Waals surface area contributed by atoms with Crippen LogP contribution in [0.4, 0.5) is 14.6 Å². The van der Waals surface area contributed by atoms with Crippen molar-refractivity contribution in [1.29, 1.82) is 5.41 Å². The molecule has 5 atom stereocenters. The van der Waals surface area contributed by atoms with E-state index in [9.17, 15) is 8.78 Å². The zero-order chi connectivity index (χ0) is 22.0. The highest BCUT2D eigenvalue weighted by Crippen LogP contribution is 2.92. The number of nitrogen functional groups attached to an aromatic ring is 1. The number of halogens is 2. The van der Waals surface area contributed by atoms with Crippen molar-refractivity contribution in [2.24, 2.45) is 28.2 Å². The monoisotopic (exact) mass is 445 g/mol. The van der Waals surface area contributed by atoms with E-state index in [1.807, 2.05) is 0 Å². The number of nitrogens with zero attached hydrogens (tertiary/aromatic N) is 3. The van der Waals surface area contributed by atoms with Gasteiger partial charge in [-0.25, -0.2) is 4.98 Å². The molecule has 0 radical (unpaired) electrons. The average molecular weight is 446 g/mol. The first-order chi connectivity index (χ1) is 15.5. The van der Waals surface area contributed by atoms with Gasteiger partial charge in [-0.1, -0.05) is 0 Å². The van der Waals surface area contributed by atoms with Gasteiger partial charge in [0.05, 0.1) is 19.3 Å². The van der Waals surface area contributed by atoms with Gasteiger partial charge in [0, 0.05) is 54.2 Å². The first-order valence-electron chi connectivity index (χ1n) is 11.7. The molecule has 32 heavy (non-hydrogen) atoms. The molecule has 2 heterocycles. The van der Waals surface area contributed by atoms with Crippen LogP contribution in [0.2, 0.25) is 0 Å². The molecule has 1 aromatic heterocycles. The second kappa shape index (κ2) is 7.45. The van der Waals surface area contributed by atoms with Gasteiger partial charge in [0.1, 0.15) is 0 Å². The normalized spacial score (nSPS) is 36.0. The molecule has 9 heteroatoms. The summed E-state index contributed by atoms with van der Waals surface area (Å²) in [5, 5.41) is 9.04. The highest BCUT2D eigenvalue weighted by Gasteiger charge is 2.93. The van der Waals surface area contributed by atoms with E-state index in [1.165, 1.54) is 12.5 Å². The van der Waals surface area contributed by atoms with Crippen molar-refractivity contribution in [2.45, 2.75) is 50.8 Å². The van der Waals surface area contributed by atoms with Crippen molar-refractivity contribution >= 4 is 17.2 Å². The van der Waals surface area contributed by atoms with Gasteiger partial charge in [-0.3, -0.25) is 9.89 Å². The number of rotatable bonds is 8. The van der Waals surface area contributed by atoms with Crippen molar-refractivity contribution in [3.05, 3.63) is 17.8 Å². The van der Waals surface area contributed by atoms with Gasteiger partial charge in [-0.15, -0.1) is 0 Å². The van der Waals surface area contributed by atoms with Crippen LogP contribution in [0.1, 0.15) is 37.7 Å². The van der Waals surface area contributed by atoms with Crippen molar-refractivity contribution in [3.63, 3.8) is 0 Å². The van der Waals surface area contributed by atoms with E-state index in [0.29, 0.717) is 35.8 Å². The van der Waals surface area contributed by atoms with Gasteiger partial charge in [0.15, 0.2) is 11.6 Å². The molecular formula is C23H29F2N5O2. The number of hydrogen-bond acceptors (Lipinski definition) is 7. The number of fused-ring (bicyclic) bond motifs is 1. The molecule has 1 saturated heterocycles. The smallest absolute Gasteiger partial charge is 0.387 e. The highest BCUT2D eigenvalue weighted by atomic mass is 19.3. The van der Waals surface area contributed by atoms with Crippen LogP contribution in [0.25, 0.3) is 0 Å². The quantitative estimate of drug-likeness (QED) is 0.600. The van der Waals surface area contributed by atoms with E-state index in [-0.39, 0.29) is 23.0 Å².